The Balaban J connectivity index is 2.03. The first-order valence-corrected chi connectivity index (χ1v) is 6.75. The molecule has 2 unspecified atom stereocenters. The van der Waals surface area contributed by atoms with Gasteiger partial charge in [-0.2, -0.15) is 0 Å². The molecule has 2 rings (SSSR count). The molecule has 1 aliphatic rings. The summed E-state index contributed by atoms with van der Waals surface area (Å²) < 4.78 is 12.8. The Morgan fingerprint density at radius 3 is 3.10 bits per heavy atom. The SMILES string of the molecule is Cc1cn(C2CCC(COC(=O)CN)O2)c(=S)[nH]c1=O. The van der Waals surface area contributed by atoms with Crippen LogP contribution in [-0.4, -0.2) is 34.8 Å². The number of rotatable bonds is 4. The summed E-state index contributed by atoms with van der Waals surface area (Å²) in [5, 5.41) is 0. The van der Waals surface area contributed by atoms with Crippen LogP contribution in [0.2, 0.25) is 0 Å². The third-order valence-corrected chi connectivity index (χ3v) is 3.45. The van der Waals surface area contributed by atoms with E-state index in [9.17, 15) is 9.59 Å². The number of nitrogens with two attached hydrogens (primary N) is 1. The van der Waals surface area contributed by atoms with Gasteiger partial charge in [-0.3, -0.25) is 19.1 Å². The van der Waals surface area contributed by atoms with Gasteiger partial charge in [0.25, 0.3) is 5.56 Å². The van der Waals surface area contributed by atoms with Gasteiger partial charge in [-0.05, 0) is 32.0 Å². The van der Waals surface area contributed by atoms with Gasteiger partial charge in [-0.25, -0.2) is 0 Å². The van der Waals surface area contributed by atoms with E-state index in [2.05, 4.69) is 4.98 Å². The second-order valence-corrected chi connectivity index (χ2v) is 5.04. The van der Waals surface area contributed by atoms with Gasteiger partial charge in [-0.1, -0.05) is 0 Å². The second-order valence-electron chi connectivity index (χ2n) is 4.66. The van der Waals surface area contributed by atoms with E-state index in [1.54, 1.807) is 17.7 Å². The third kappa shape index (κ3) is 3.33. The lowest BCUT2D eigenvalue weighted by Gasteiger charge is -2.17. The normalized spacial score (nSPS) is 21.9. The zero-order valence-corrected chi connectivity index (χ0v) is 11.9. The first-order chi connectivity index (χ1) is 9.51. The van der Waals surface area contributed by atoms with Crippen molar-refractivity contribution in [1.29, 1.82) is 0 Å². The number of esters is 1. The standard InChI is InChI=1S/C12H17N3O4S/c1-7-5-15(12(20)14-11(7)17)9-3-2-8(19-9)6-18-10(16)4-13/h5,8-9H,2-4,6,13H2,1H3,(H,14,17,20). The summed E-state index contributed by atoms with van der Waals surface area (Å²) in [4.78, 5) is 25.0. The number of ether oxygens (including phenoxy) is 2. The molecule has 1 saturated heterocycles. The van der Waals surface area contributed by atoms with Crippen LogP contribution < -0.4 is 11.3 Å². The summed E-state index contributed by atoms with van der Waals surface area (Å²) in [6, 6.07) is 0. The maximum atomic E-state index is 11.4. The predicted octanol–water partition coefficient (Wildman–Crippen LogP) is 0.394. The van der Waals surface area contributed by atoms with Crippen molar-refractivity contribution < 1.29 is 14.3 Å². The topological polar surface area (TPSA) is 99.3 Å². The van der Waals surface area contributed by atoms with Gasteiger partial charge in [0.1, 0.15) is 12.8 Å². The Morgan fingerprint density at radius 1 is 1.65 bits per heavy atom. The van der Waals surface area contributed by atoms with Gasteiger partial charge in [0.15, 0.2) is 4.77 Å². The predicted molar refractivity (Wildman–Crippen MR) is 73.8 cm³/mol. The van der Waals surface area contributed by atoms with Gasteiger partial charge in [0.05, 0.1) is 12.6 Å². The van der Waals surface area contributed by atoms with Crippen molar-refractivity contribution in [3.63, 3.8) is 0 Å². The lowest BCUT2D eigenvalue weighted by Crippen LogP contribution is -2.24. The van der Waals surface area contributed by atoms with Crippen LogP contribution in [0.15, 0.2) is 11.0 Å². The summed E-state index contributed by atoms with van der Waals surface area (Å²) in [6.07, 6.45) is 2.75. The maximum absolute atomic E-state index is 11.4. The van der Waals surface area contributed by atoms with Gasteiger partial charge in [-0.15, -0.1) is 0 Å². The molecule has 3 N–H and O–H groups in total. The van der Waals surface area contributed by atoms with E-state index in [1.165, 1.54) is 0 Å². The number of carbonyl (C=O) groups excluding carboxylic acids is 1. The van der Waals surface area contributed by atoms with E-state index in [0.717, 1.165) is 12.8 Å². The summed E-state index contributed by atoms with van der Waals surface area (Å²) in [6.45, 7) is 1.75. The molecule has 110 valence electrons. The highest BCUT2D eigenvalue weighted by Gasteiger charge is 2.27. The highest BCUT2D eigenvalue weighted by atomic mass is 32.1. The van der Waals surface area contributed by atoms with E-state index in [0.29, 0.717) is 10.3 Å². The Kier molecular flexibility index (Phi) is 4.69. The lowest BCUT2D eigenvalue weighted by molar-refractivity contribution is -0.146. The molecular weight excluding hydrogens is 282 g/mol. The van der Waals surface area contributed by atoms with Crippen molar-refractivity contribution >= 4 is 18.2 Å². The number of H-pyrrole nitrogens is 1. The molecule has 1 fully saturated rings. The molecule has 0 saturated carbocycles. The number of nitrogens with one attached hydrogen (secondary N) is 1. The van der Waals surface area contributed by atoms with Crippen LogP contribution in [0.25, 0.3) is 0 Å². The van der Waals surface area contributed by atoms with Crippen LogP contribution in [0.1, 0.15) is 24.6 Å². The molecule has 0 spiro atoms. The van der Waals surface area contributed by atoms with Gasteiger partial charge in [0.2, 0.25) is 0 Å². The summed E-state index contributed by atoms with van der Waals surface area (Å²) >= 11 is 5.12. The fourth-order valence-electron chi connectivity index (χ4n) is 2.06. The minimum atomic E-state index is -0.450. The fraction of sp³-hybridized carbons (Fsp3) is 0.583. The highest BCUT2D eigenvalue weighted by molar-refractivity contribution is 7.71. The van der Waals surface area contributed by atoms with E-state index in [1.807, 2.05) is 0 Å². The molecule has 20 heavy (non-hydrogen) atoms. The third-order valence-electron chi connectivity index (χ3n) is 3.14. The molecule has 1 aromatic rings. The largest absolute Gasteiger partial charge is 0.462 e. The highest BCUT2D eigenvalue weighted by Crippen LogP contribution is 2.28. The van der Waals surface area contributed by atoms with E-state index in [-0.39, 0.29) is 31.0 Å². The number of aromatic nitrogens is 2. The number of hydrogen-bond donors (Lipinski definition) is 2. The Labute approximate surface area is 120 Å². The average molecular weight is 299 g/mol. The Morgan fingerprint density at radius 2 is 2.40 bits per heavy atom. The summed E-state index contributed by atoms with van der Waals surface area (Å²) in [7, 11) is 0. The van der Waals surface area contributed by atoms with E-state index in [4.69, 9.17) is 27.4 Å². The zero-order chi connectivity index (χ0) is 14.7. The average Bonchev–Trinajstić information content (AvgIpc) is 2.88. The molecule has 0 radical (unpaired) electrons. The summed E-state index contributed by atoms with van der Waals surface area (Å²) in [5.74, 6) is -0.450. The number of carbonyl (C=O) groups is 1. The van der Waals surface area contributed by atoms with Crippen LogP contribution in [0.4, 0.5) is 0 Å². The smallest absolute Gasteiger partial charge is 0.319 e. The van der Waals surface area contributed by atoms with Gasteiger partial charge >= 0.3 is 5.97 Å². The molecule has 1 aliphatic heterocycles. The molecule has 0 aromatic carbocycles. The first kappa shape index (κ1) is 14.9. The molecule has 2 atom stereocenters. The van der Waals surface area contributed by atoms with Crippen molar-refractivity contribution in [3.8, 4) is 0 Å². The van der Waals surface area contributed by atoms with Gasteiger partial charge < -0.3 is 15.2 Å². The Bertz CT molecular complexity index is 609. The lowest BCUT2D eigenvalue weighted by atomic mass is 10.2. The molecule has 0 bridgehead atoms. The van der Waals surface area contributed by atoms with Crippen molar-refractivity contribution in [2.45, 2.75) is 32.1 Å². The Hall–Kier alpha value is -1.51. The van der Waals surface area contributed by atoms with E-state index < -0.39 is 5.97 Å². The minimum Gasteiger partial charge on any atom is -0.462 e. The molecule has 7 nitrogen and oxygen atoms in total. The molecule has 0 amide bonds. The van der Waals surface area contributed by atoms with Crippen LogP contribution >= 0.6 is 12.2 Å². The molecule has 1 aromatic heterocycles. The fourth-order valence-corrected chi connectivity index (χ4v) is 2.32. The van der Waals surface area contributed by atoms with Gasteiger partial charge in [0, 0.05) is 11.8 Å². The van der Waals surface area contributed by atoms with Crippen molar-refractivity contribution in [2.24, 2.45) is 5.73 Å². The number of aryl methyl sites for hydroxylation is 1. The first-order valence-electron chi connectivity index (χ1n) is 6.34. The van der Waals surface area contributed by atoms with Crippen LogP contribution in [0.5, 0.6) is 0 Å². The zero-order valence-electron chi connectivity index (χ0n) is 11.1. The number of aromatic amines is 1. The van der Waals surface area contributed by atoms with Crippen molar-refractivity contribution in [3.05, 3.63) is 26.9 Å². The number of hydrogen-bond acceptors (Lipinski definition) is 6. The van der Waals surface area contributed by atoms with Crippen LogP contribution in [-0.2, 0) is 14.3 Å². The molecule has 2 heterocycles. The van der Waals surface area contributed by atoms with Crippen LogP contribution in [0.3, 0.4) is 0 Å². The molecule has 0 aliphatic carbocycles. The summed E-state index contributed by atoms with van der Waals surface area (Å²) in [5.41, 5.74) is 5.53. The second kappa shape index (κ2) is 6.29. The van der Waals surface area contributed by atoms with Crippen molar-refractivity contribution in [1.82, 2.24) is 9.55 Å². The van der Waals surface area contributed by atoms with Crippen LogP contribution in [0, 0.1) is 11.7 Å². The quantitative estimate of drug-likeness (QED) is 0.616. The monoisotopic (exact) mass is 299 g/mol. The molecule has 8 heteroatoms. The molecular formula is C12H17N3O4S. The maximum Gasteiger partial charge on any atom is 0.319 e. The minimum absolute atomic E-state index is 0.139. The van der Waals surface area contributed by atoms with E-state index >= 15 is 0 Å². The number of nitrogens with zero attached hydrogens (tertiary/aromatic N) is 1. The van der Waals surface area contributed by atoms with Crippen molar-refractivity contribution in [2.75, 3.05) is 13.2 Å².